The van der Waals surface area contributed by atoms with Crippen LogP contribution in [0, 0.1) is 5.92 Å². The summed E-state index contributed by atoms with van der Waals surface area (Å²) >= 11 is 0. The van der Waals surface area contributed by atoms with Gasteiger partial charge in [0.15, 0.2) is 5.76 Å². The van der Waals surface area contributed by atoms with Crippen molar-refractivity contribution in [1.29, 1.82) is 0 Å². The van der Waals surface area contributed by atoms with Crippen LogP contribution in [0.3, 0.4) is 0 Å². The van der Waals surface area contributed by atoms with Gasteiger partial charge in [-0.1, -0.05) is 48.5 Å². The molecular formula is C28H32N2O5. The molecule has 3 aromatic rings. The number of hydrogen-bond acceptors (Lipinski definition) is 5. The highest BCUT2D eigenvalue weighted by atomic mass is 16.7. The van der Waals surface area contributed by atoms with Crippen LogP contribution in [0.15, 0.2) is 72.6 Å². The predicted molar refractivity (Wildman–Crippen MR) is 134 cm³/mol. The van der Waals surface area contributed by atoms with Gasteiger partial charge in [-0.15, -0.1) is 0 Å². The fourth-order valence-corrected chi connectivity index (χ4v) is 4.72. The average molecular weight is 477 g/mol. The molecule has 4 rings (SSSR count). The third-order valence-corrected chi connectivity index (χ3v) is 6.37. The summed E-state index contributed by atoms with van der Waals surface area (Å²) in [5, 5.41) is 13.4. The molecule has 2 aromatic carbocycles. The molecule has 184 valence electrons. The van der Waals surface area contributed by atoms with Crippen LogP contribution in [-0.2, 0) is 20.8 Å². The van der Waals surface area contributed by atoms with Crippen molar-refractivity contribution in [3.63, 3.8) is 0 Å². The number of carbonyl (C=O) groups excluding carboxylic acids is 2. The van der Waals surface area contributed by atoms with E-state index in [1.807, 2.05) is 73.8 Å². The lowest BCUT2D eigenvalue weighted by Gasteiger charge is -2.36. The number of nitrogens with zero attached hydrogens (tertiary/aromatic N) is 1. The second-order valence-electron chi connectivity index (χ2n) is 8.69. The molecule has 0 unspecified atom stereocenters. The minimum absolute atomic E-state index is 0.0470. The Kier molecular flexibility index (Phi) is 8.00. The summed E-state index contributed by atoms with van der Waals surface area (Å²) in [6, 6.07) is 17.4. The van der Waals surface area contributed by atoms with Crippen LogP contribution in [0.5, 0.6) is 0 Å². The van der Waals surface area contributed by atoms with Crippen molar-refractivity contribution in [1.82, 2.24) is 9.88 Å². The molecule has 7 nitrogen and oxygen atoms in total. The molecule has 0 radical (unpaired) electrons. The Bertz CT molecular complexity index is 1200. The van der Waals surface area contributed by atoms with E-state index >= 15 is 0 Å². The Morgan fingerprint density at radius 3 is 2.57 bits per heavy atom. The number of fused-ring (bicyclic) bond motifs is 1. The van der Waals surface area contributed by atoms with Crippen molar-refractivity contribution < 1.29 is 24.2 Å². The van der Waals surface area contributed by atoms with E-state index in [0.717, 1.165) is 22.0 Å². The van der Waals surface area contributed by atoms with Gasteiger partial charge in [0, 0.05) is 50.1 Å². The number of ether oxygens (including phenoxy) is 2. The molecule has 1 aliphatic heterocycles. The van der Waals surface area contributed by atoms with E-state index < -0.39 is 6.29 Å². The van der Waals surface area contributed by atoms with Crippen LogP contribution in [0.2, 0.25) is 0 Å². The minimum Gasteiger partial charge on any atom is -0.459 e. The summed E-state index contributed by atoms with van der Waals surface area (Å²) in [5.74, 6) is -0.588. The van der Waals surface area contributed by atoms with Gasteiger partial charge in [0.05, 0.1) is 5.52 Å². The van der Waals surface area contributed by atoms with E-state index in [2.05, 4.69) is 5.32 Å². The quantitative estimate of drug-likeness (QED) is 0.479. The molecule has 2 N–H and O–H groups in total. The second kappa shape index (κ2) is 11.3. The van der Waals surface area contributed by atoms with E-state index in [9.17, 15) is 14.7 Å². The van der Waals surface area contributed by atoms with Crippen molar-refractivity contribution >= 4 is 22.7 Å². The number of aliphatic hydroxyl groups is 1. The van der Waals surface area contributed by atoms with Crippen LogP contribution < -0.4 is 5.32 Å². The third-order valence-electron chi connectivity index (χ3n) is 6.37. The lowest BCUT2D eigenvalue weighted by atomic mass is 9.80. The first-order chi connectivity index (χ1) is 17.0. The van der Waals surface area contributed by atoms with E-state index in [0.29, 0.717) is 26.0 Å². The van der Waals surface area contributed by atoms with Gasteiger partial charge < -0.3 is 19.9 Å². The van der Waals surface area contributed by atoms with E-state index in [1.54, 1.807) is 4.57 Å². The highest BCUT2D eigenvalue weighted by molar-refractivity contribution is 5.95. The largest absolute Gasteiger partial charge is 0.459 e. The maximum absolute atomic E-state index is 13.1. The van der Waals surface area contributed by atoms with Gasteiger partial charge in [0.1, 0.15) is 0 Å². The number of benzene rings is 2. The molecule has 1 amide bonds. The predicted octanol–water partition coefficient (Wildman–Crippen LogP) is 4.37. The number of aliphatic hydroxyl groups excluding tert-OH is 1. The SMILES string of the molecule is CCO[C@H]1OC(C(=O)NCc2ccccc2)=C[C@@H](c2cn(C(C)=O)c3ccccc23)[C@H]1CCCO. The van der Waals surface area contributed by atoms with E-state index in [1.165, 1.54) is 6.92 Å². The molecule has 0 saturated heterocycles. The van der Waals surface area contributed by atoms with Crippen LogP contribution in [0.4, 0.5) is 0 Å². The number of hydrogen-bond donors (Lipinski definition) is 2. The van der Waals surface area contributed by atoms with Gasteiger partial charge in [-0.05, 0) is 43.0 Å². The summed E-state index contributed by atoms with van der Waals surface area (Å²) < 4.78 is 13.7. The standard InChI is InChI=1S/C28H32N2O5/c1-3-34-28-22(13-9-15-31)23(24-18-30(19(2)32)25-14-8-7-12-21(24)25)16-26(35-28)27(33)29-17-20-10-5-4-6-11-20/h4-8,10-12,14,16,18,22-23,28,31H,3,9,13,15,17H2,1-2H3,(H,29,33)/t22-,23-,28+/m1/s1. The monoisotopic (exact) mass is 476 g/mol. The molecule has 3 atom stereocenters. The molecule has 0 aliphatic carbocycles. The molecular weight excluding hydrogens is 444 g/mol. The summed E-state index contributed by atoms with van der Waals surface area (Å²) in [7, 11) is 0. The number of carbonyl (C=O) groups is 2. The van der Waals surface area contributed by atoms with Gasteiger partial charge in [0.2, 0.25) is 12.2 Å². The number of amides is 1. The maximum atomic E-state index is 13.1. The van der Waals surface area contributed by atoms with Gasteiger partial charge in [-0.25, -0.2) is 0 Å². The molecule has 1 aliphatic rings. The first kappa shape index (κ1) is 24.7. The third kappa shape index (κ3) is 5.47. The zero-order chi connectivity index (χ0) is 24.8. The normalized spacial score (nSPS) is 19.7. The fourth-order valence-electron chi connectivity index (χ4n) is 4.72. The average Bonchev–Trinajstić information content (AvgIpc) is 3.27. The van der Waals surface area contributed by atoms with Crippen molar-refractivity contribution in [2.45, 2.75) is 45.4 Å². The maximum Gasteiger partial charge on any atom is 0.286 e. The summed E-state index contributed by atoms with van der Waals surface area (Å²) in [4.78, 5) is 25.5. The second-order valence-corrected chi connectivity index (χ2v) is 8.69. The zero-order valence-electron chi connectivity index (χ0n) is 20.1. The molecule has 0 saturated carbocycles. The van der Waals surface area contributed by atoms with Crippen LogP contribution in [0.25, 0.3) is 10.9 Å². The molecule has 0 fully saturated rings. The van der Waals surface area contributed by atoms with Gasteiger partial charge in [-0.2, -0.15) is 0 Å². The van der Waals surface area contributed by atoms with Crippen LogP contribution in [0.1, 0.15) is 48.5 Å². The number of nitrogens with one attached hydrogen (secondary N) is 1. The molecule has 7 heteroatoms. The Morgan fingerprint density at radius 2 is 1.86 bits per heavy atom. The summed E-state index contributed by atoms with van der Waals surface area (Å²) in [5.41, 5.74) is 2.74. The van der Waals surface area contributed by atoms with Gasteiger partial charge in [0.25, 0.3) is 5.91 Å². The number of allylic oxidation sites excluding steroid dienone is 1. The zero-order valence-corrected chi connectivity index (χ0v) is 20.1. The van der Waals surface area contributed by atoms with E-state index in [4.69, 9.17) is 9.47 Å². The molecule has 35 heavy (non-hydrogen) atoms. The van der Waals surface area contributed by atoms with Crippen molar-refractivity contribution in [2.75, 3.05) is 13.2 Å². The van der Waals surface area contributed by atoms with E-state index in [-0.39, 0.29) is 36.0 Å². The molecule has 0 bridgehead atoms. The molecule has 1 aromatic heterocycles. The van der Waals surface area contributed by atoms with Crippen molar-refractivity contribution in [3.05, 3.63) is 83.8 Å². The fraction of sp³-hybridized carbons (Fsp3) is 0.357. The number of aromatic nitrogens is 1. The summed E-state index contributed by atoms with van der Waals surface area (Å²) in [6.07, 6.45) is 4.25. The smallest absolute Gasteiger partial charge is 0.286 e. The van der Waals surface area contributed by atoms with Crippen molar-refractivity contribution in [3.8, 4) is 0 Å². The van der Waals surface area contributed by atoms with Gasteiger partial charge >= 0.3 is 0 Å². The first-order valence-corrected chi connectivity index (χ1v) is 12.1. The number of para-hydroxylation sites is 1. The summed E-state index contributed by atoms with van der Waals surface area (Å²) in [6.45, 7) is 4.26. The Labute approximate surface area is 205 Å². The Morgan fingerprint density at radius 1 is 1.11 bits per heavy atom. The highest BCUT2D eigenvalue weighted by Gasteiger charge is 2.39. The lowest BCUT2D eigenvalue weighted by Crippen LogP contribution is -2.39. The Hall–Kier alpha value is -3.42. The van der Waals surface area contributed by atoms with Crippen LogP contribution in [-0.4, -0.2) is 41.0 Å². The molecule has 2 heterocycles. The minimum atomic E-state index is -0.654. The lowest BCUT2D eigenvalue weighted by molar-refractivity contribution is -0.166. The topological polar surface area (TPSA) is 89.8 Å². The highest BCUT2D eigenvalue weighted by Crippen LogP contribution is 2.42. The molecule has 0 spiro atoms. The van der Waals surface area contributed by atoms with Gasteiger partial charge in [-0.3, -0.25) is 14.2 Å². The van der Waals surface area contributed by atoms with Crippen LogP contribution >= 0.6 is 0 Å². The Balaban J connectivity index is 1.74. The first-order valence-electron chi connectivity index (χ1n) is 12.1. The van der Waals surface area contributed by atoms with Crippen molar-refractivity contribution in [2.24, 2.45) is 5.92 Å². The number of rotatable bonds is 9.